The first kappa shape index (κ1) is 18.0. The molecular formula is C14H22BrClN2OS. The molecule has 2 unspecified atom stereocenters. The van der Waals surface area contributed by atoms with Gasteiger partial charge in [0.1, 0.15) is 0 Å². The summed E-state index contributed by atoms with van der Waals surface area (Å²) < 4.78 is 1.10. The summed E-state index contributed by atoms with van der Waals surface area (Å²) in [5.74, 6) is 0.256. The van der Waals surface area contributed by atoms with Crippen molar-refractivity contribution in [3.63, 3.8) is 0 Å². The van der Waals surface area contributed by atoms with Crippen LogP contribution in [0.1, 0.15) is 37.5 Å². The van der Waals surface area contributed by atoms with Gasteiger partial charge in [0.05, 0.1) is 0 Å². The van der Waals surface area contributed by atoms with E-state index in [-0.39, 0.29) is 30.4 Å². The molecule has 0 bridgehead atoms. The van der Waals surface area contributed by atoms with Crippen molar-refractivity contribution >= 4 is 45.6 Å². The van der Waals surface area contributed by atoms with Crippen LogP contribution in [0.5, 0.6) is 0 Å². The largest absolute Gasteiger partial charge is 0.338 e. The van der Waals surface area contributed by atoms with Crippen LogP contribution in [0, 0.1) is 0 Å². The lowest BCUT2D eigenvalue weighted by atomic mass is 9.96. The molecule has 1 aromatic rings. The van der Waals surface area contributed by atoms with Crippen LogP contribution >= 0.6 is 39.7 Å². The highest BCUT2D eigenvalue weighted by Gasteiger charge is 2.28. The van der Waals surface area contributed by atoms with Crippen LogP contribution in [0.4, 0.5) is 0 Å². The van der Waals surface area contributed by atoms with Gasteiger partial charge < -0.3 is 10.6 Å². The Balaban J connectivity index is 0.00000200. The summed E-state index contributed by atoms with van der Waals surface area (Å²) in [6.07, 6.45) is 4.77. The van der Waals surface area contributed by atoms with Crippen molar-refractivity contribution in [3.05, 3.63) is 20.8 Å². The fourth-order valence-corrected chi connectivity index (χ4v) is 4.13. The number of likely N-dealkylation sites (tertiary alicyclic amines) is 1. The monoisotopic (exact) mass is 380 g/mol. The number of nitrogens with two attached hydrogens (primary N) is 1. The number of halogens is 2. The first-order chi connectivity index (χ1) is 9.08. The van der Waals surface area contributed by atoms with Crippen molar-refractivity contribution in [1.82, 2.24) is 4.90 Å². The van der Waals surface area contributed by atoms with Gasteiger partial charge in [-0.1, -0.05) is 0 Å². The minimum atomic E-state index is 0. The van der Waals surface area contributed by atoms with E-state index < -0.39 is 0 Å². The third-order valence-electron chi connectivity index (χ3n) is 3.68. The van der Waals surface area contributed by atoms with Crippen molar-refractivity contribution in [2.24, 2.45) is 5.73 Å². The lowest BCUT2D eigenvalue weighted by Gasteiger charge is -2.38. The summed E-state index contributed by atoms with van der Waals surface area (Å²) >= 11 is 5.15. The molecule has 0 aliphatic carbocycles. The molecule has 6 heteroatoms. The summed E-state index contributed by atoms with van der Waals surface area (Å²) in [7, 11) is 0. The molecule has 0 aromatic carbocycles. The normalized spacial score (nSPS) is 20.4. The quantitative estimate of drug-likeness (QED) is 0.866. The van der Waals surface area contributed by atoms with E-state index in [1.165, 1.54) is 11.3 Å². The zero-order chi connectivity index (χ0) is 13.8. The third kappa shape index (κ3) is 4.72. The van der Waals surface area contributed by atoms with Crippen LogP contribution in [0.15, 0.2) is 15.9 Å². The van der Waals surface area contributed by atoms with Gasteiger partial charge >= 0.3 is 0 Å². The molecule has 2 rings (SSSR count). The van der Waals surface area contributed by atoms with Gasteiger partial charge in [-0.2, -0.15) is 0 Å². The maximum Gasteiger partial charge on any atom is 0.223 e. The summed E-state index contributed by atoms with van der Waals surface area (Å²) in [5, 5.41) is 2.06. The van der Waals surface area contributed by atoms with Gasteiger partial charge in [-0.25, -0.2) is 0 Å². The standard InChI is InChI=1S/C14H21BrN2OS.ClH/c1-10(16)13-4-2-3-7-17(13)14(18)6-5-12-8-11(15)9-19-12;/h8-10,13H,2-7,16H2,1H3;1H. The highest BCUT2D eigenvalue weighted by molar-refractivity contribution is 9.10. The molecule has 0 saturated carbocycles. The minimum Gasteiger partial charge on any atom is -0.338 e. The molecule has 1 saturated heterocycles. The Kier molecular flexibility index (Phi) is 7.51. The van der Waals surface area contributed by atoms with E-state index in [9.17, 15) is 4.79 Å². The number of amides is 1. The van der Waals surface area contributed by atoms with E-state index in [2.05, 4.69) is 27.4 Å². The van der Waals surface area contributed by atoms with Crippen LogP contribution < -0.4 is 5.73 Å². The Hall–Kier alpha value is -0.100. The maximum atomic E-state index is 12.4. The summed E-state index contributed by atoms with van der Waals surface area (Å²) in [5.41, 5.74) is 6.01. The van der Waals surface area contributed by atoms with E-state index in [0.29, 0.717) is 6.42 Å². The molecule has 3 nitrogen and oxygen atoms in total. The van der Waals surface area contributed by atoms with E-state index >= 15 is 0 Å². The van der Waals surface area contributed by atoms with E-state index in [1.807, 2.05) is 11.8 Å². The summed E-state index contributed by atoms with van der Waals surface area (Å²) in [4.78, 5) is 15.6. The predicted molar refractivity (Wildman–Crippen MR) is 90.6 cm³/mol. The molecule has 1 aromatic heterocycles. The van der Waals surface area contributed by atoms with Crippen molar-refractivity contribution in [3.8, 4) is 0 Å². The molecule has 2 atom stereocenters. The van der Waals surface area contributed by atoms with Gasteiger partial charge in [-0.05, 0) is 54.6 Å². The Morgan fingerprint density at radius 1 is 1.60 bits per heavy atom. The molecule has 1 aliphatic heterocycles. The van der Waals surface area contributed by atoms with Gasteiger partial charge in [-0.15, -0.1) is 23.7 Å². The second-order valence-corrected chi connectivity index (χ2v) is 7.15. The average Bonchev–Trinajstić information content (AvgIpc) is 2.81. The summed E-state index contributed by atoms with van der Waals surface area (Å²) in [6.45, 7) is 2.88. The fourth-order valence-electron chi connectivity index (χ4n) is 2.67. The van der Waals surface area contributed by atoms with E-state index in [1.54, 1.807) is 11.3 Å². The number of aryl methyl sites for hydroxylation is 1. The van der Waals surface area contributed by atoms with Gasteiger partial charge in [0, 0.05) is 39.8 Å². The maximum absolute atomic E-state index is 12.4. The number of thiophene rings is 1. The predicted octanol–water partition coefficient (Wildman–Crippen LogP) is 3.59. The number of rotatable bonds is 4. The van der Waals surface area contributed by atoms with Crippen LogP contribution in [0.3, 0.4) is 0 Å². The number of hydrogen-bond acceptors (Lipinski definition) is 3. The molecule has 2 N–H and O–H groups in total. The smallest absolute Gasteiger partial charge is 0.223 e. The summed E-state index contributed by atoms with van der Waals surface area (Å²) in [6, 6.07) is 2.40. The SMILES string of the molecule is CC(N)C1CCCCN1C(=O)CCc1cc(Br)cs1.Cl. The Labute approximate surface area is 139 Å². The van der Waals surface area contributed by atoms with Crippen LogP contribution in [0.25, 0.3) is 0 Å². The van der Waals surface area contributed by atoms with Crippen molar-refractivity contribution < 1.29 is 4.79 Å². The lowest BCUT2D eigenvalue weighted by Crippen LogP contribution is -2.51. The van der Waals surface area contributed by atoms with Gasteiger partial charge in [0.15, 0.2) is 0 Å². The second kappa shape index (κ2) is 8.37. The molecule has 0 radical (unpaired) electrons. The molecule has 2 heterocycles. The fraction of sp³-hybridized carbons (Fsp3) is 0.643. The van der Waals surface area contributed by atoms with Crippen LogP contribution in [-0.2, 0) is 11.2 Å². The highest BCUT2D eigenvalue weighted by atomic mass is 79.9. The molecule has 1 aliphatic rings. The lowest BCUT2D eigenvalue weighted by molar-refractivity contribution is -0.135. The molecule has 20 heavy (non-hydrogen) atoms. The second-order valence-electron chi connectivity index (χ2n) is 5.24. The zero-order valence-corrected chi connectivity index (χ0v) is 14.9. The first-order valence-electron chi connectivity index (χ1n) is 6.86. The highest BCUT2D eigenvalue weighted by Crippen LogP contribution is 2.23. The van der Waals surface area contributed by atoms with Crippen LogP contribution in [0.2, 0.25) is 0 Å². The van der Waals surface area contributed by atoms with E-state index in [4.69, 9.17) is 5.73 Å². The van der Waals surface area contributed by atoms with Gasteiger partial charge in [0.25, 0.3) is 0 Å². The third-order valence-corrected chi connectivity index (χ3v) is 5.44. The van der Waals surface area contributed by atoms with Gasteiger partial charge in [-0.3, -0.25) is 4.79 Å². The van der Waals surface area contributed by atoms with Gasteiger partial charge in [0.2, 0.25) is 5.91 Å². The molecule has 114 valence electrons. The van der Waals surface area contributed by atoms with Crippen molar-refractivity contribution in [1.29, 1.82) is 0 Å². The van der Waals surface area contributed by atoms with Crippen LogP contribution in [-0.4, -0.2) is 29.4 Å². The molecule has 1 fully saturated rings. The Morgan fingerprint density at radius 2 is 2.35 bits per heavy atom. The average molecular weight is 382 g/mol. The number of hydrogen-bond donors (Lipinski definition) is 1. The number of nitrogens with zero attached hydrogens (tertiary/aromatic N) is 1. The zero-order valence-electron chi connectivity index (χ0n) is 11.7. The molecular weight excluding hydrogens is 360 g/mol. The van der Waals surface area contributed by atoms with E-state index in [0.717, 1.165) is 30.3 Å². The van der Waals surface area contributed by atoms with Crippen molar-refractivity contribution in [2.45, 2.75) is 51.1 Å². The van der Waals surface area contributed by atoms with Crippen molar-refractivity contribution in [2.75, 3.05) is 6.54 Å². The number of carbonyl (C=O) groups excluding carboxylic acids is 1. The Bertz CT molecular complexity index is 439. The molecule has 1 amide bonds. The Morgan fingerprint density at radius 3 is 2.95 bits per heavy atom. The minimum absolute atomic E-state index is 0. The number of carbonyl (C=O) groups is 1. The molecule has 0 spiro atoms. The topological polar surface area (TPSA) is 46.3 Å². The number of piperidine rings is 1. The first-order valence-corrected chi connectivity index (χ1v) is 8.53.